The number of hydrogen-bond acceptors (Lipinski definition) is 4. The summed E-state index contributed by atoms with van der Waals surface area (Å²) in [5, 5.41) is 6.53. The highest BCUT2D eigenvalue weighted by Gasteiger charge is 2.20. The van der Waals surface area contributed by atoms with Crippen LogP contribution in [0.15, 0.2) is 41.4 Å². The lowest BCUT2D eigenvalue weighted by Gasteiger charge is -2.20. The van der Waals surface area contributed by atoms with Crippen LogP contribution in [0.25, 0.3) is 0 Å². The number of rotatable bonds is 5. The second kappa shape index (κ2) is 7.58. The number of anilines is 3. The minimum absolute atomic E-state index is 0.0354. The number of benzodiazepines with no additional fused rings is 1. The Morgan fingerprint density at radius 3 is 2.81 bits per heavy atom. The summed E-state index contributed by atoms with van der Waals surface area (Å²) in [5.74, 6) is -0.174. The minimum atomic E-state index is -0.174. The number of benzene rings is 2. The number of fused-ring (bicyclic) bond motifs is 1. The Morgan fingerprint density at radius 1 is 1.31 bits per heavy atom. The molecular weight excluding hydrogens is 352 g/mol. The molecule has 0 radical (unpaired) electrons. The smallest absolute Gasteiger partial charge is 0.246 e. The average Bonchev–Trinajstić information content (AvgIpc) is 2.81. The van der Waals surface area contributed by atoms with Gasteiger partial charge in [0.05, 0.1) is 22.8 Å². The third-order valence-corrected chi connectivity index (χ3v) is 4.44. The van der Waals surface area contributed by atoms with E-state index in [2.05, 4.69) is 15.6 Å². The monoisotopic (exact) mass is 370 g/mol. The first-order chi connectivity index (χ1) is 12.6. The number of hydrogen-bond donors (Lipinski definition) is 2. The van der Waals surface area contributed by atoms with Gasteiger partial charge in [0.2, 0.25) is 12.3 Å². The van der Waals surface area contributed by atoms with Crippen molar-refractivity contribution < 1.29 is 9.59 Å². The summed E-state index contributed by atoms with van der Waals surface area (Å²) < 4.78 is 0. The largest absolute Gasteiger partial charge is 0.386 e. The number of halogens is 1. The summed E-state index contributed by atoms with van der Waals surface area (Å²) in [6.45, 7) is 2.51. The molecule has 0 unspecified atom stereocenters. The summed E-state index contributed by atoms with van der Waals surface area (Å²) in [6.07, 6.45) is 0.802. The van der Waals surface area contributed by atoms with Crippen molar-refractivity contribution in [1.29, 1.82) is 0 Å². The second-order valence-corrected chi connectivity index (χ2v) is 6.21. The molecule has 0 saturated heterocycles. The highest BCUT2D eigenvalue weighted by Crippen LogP contribution is 2.30. The average molecular weight is 371 g/mol. The van der Waals surface area contributed by atoms with Crippen LogP contribution < -0.4 is 15.5 Å². The van der Waals surface area contributed by atoms with Crippen molar-refractivity contribution in [2.75, 3.05) is 35.7 Å². The van der Waals surface area contributed by atoms with E-state index in [1.807, 2.05) is 25.1 Å². The van der Waals surface area contributed by atoms with Crippen LogP contribution in [0, 0.1) is 0 Å². The zero-order chi connectivity index (χ0) is 18.7. The molecule has 134 valence electrons. The molecule has 0 aromatic heterocycles. The van der Waals surface area contributed by atoms with E-state index in [9.17, 15) is 9.59 Å². The van der Waals surface area contributed by atoms with Gasteiger partial charge >= 0.3 is 0 Å². The van der Waals surface area contributed by atoms with Crippen LogP contribution in [-0.2, 0) is 9.59 Å². The van der Waals surface area contributed by atoms with Crippen LogP contribution in [0.5, 0.6) is 0 Å². The summed E-state index contributed by atoms with van der Waals surface area (Å²) in [6, 6.07) is 11.0. The van der Waals surface area contributed by atoms with Crippen LogP contribution >= 0.6 is 11.6 Å². The van der Waals surface area contributed by atoms with Crippen molar-refractivity contribution in [2.45, 2.75) is 6.92 Å². The molecule has 2 aromatic rings. The summed E-state index contributed by atoms with van der Waals surface area (Å²) >= 11 is 6.16. The topological polar surface area (TPSA) is 73.8 Å². The number of amides is 2. The van der Waals surface area contributed by atoms with Crippen molar-refractivity contribution in [3.05, 3.63) is 52.5 Å². The Balaban J connectivity index is 2.13. The Labute approximate surface area is 156 Å². The zero-order valence-corrected chi connectivity index (χ0v) is 15.3. The molecule has 2 amide bonds. The normalized spacial score (nSPS) is 13.2. The van der Waals surface area contributed by atoms with E-state index in [1.165, 1.54) is 0 Å². The molecule has 7 heteroatoms. The zero-order valence-electron chi connectivity index (χ0n) is 14.5. The van der Waals surface area contributed by atoms with Crippen molar-refractivity contribution in [3.8, 4) is 0 Å². The molecular formula is C19H19ClN4O2. The van der Waals surface area contributed by atoms with Gasteiger partial charge in [-0.15, -0.1) is 0 Å². The standard InChI is InChI=1S/C19H19ClN4O2/c1-3-24(11-25)17-7-4-12(8-16(17)21-2)19-14-9-13(20)5-6-15(14)23-18(26)10-22-19/h4-9,11,21H,3,10H2,1-2H3,(H,23,26). The van der Waals surface area contributed by atoms with E-state index in [4.69, 9.17) is 11.6 Å². The fourth-order valence-corrected chi connectivity index (χ4v) is 3.10. The molecule has 6 nitrogen and oxygen atoms in total. The van der Waals surface area contributed by atoms with Crippen LogP contribution in [0.3, 0.4) is 0 Å². The summed E-state index contributed by atoms with van der Waals surface area (Å²) in [5.41, 5.74) is 4.53. The molecule has 2 N–H and O–H groups in total. The molecule has 26 heavy (non-hydrogen) atoms. The molecule has 0 aliphatic carbocycles. The minimum Gasteiger partial charge on any atom is -0.386 e. The van der Waals surface area contributed by atoms with E-state index < -0.39 is 0 Å². The first kappa shape index (κ1) is 17.9. The summed E-state index contributed by atoms with van der Waals surface area (Å²) in [4.78, 5) is 29.3. The van der Waals surface area contributed by atoms with Gasteiger partial charge < -0.3 is 15.5 Å². The van der Waals surface area contributed by atoms with Gasteiger partial charge in [-0.05, 0) is 37.3 Å². The number of nitrogens with zero attached hydrogens (tertiary/aromatic N) is 2. The number of nitrogens with one attached hydrogen (secondary N) is 2. The van der Waals surface area contributed by atoms with Crippen molar-refractivity contribution >= 4 is 46.7 Å². The lowest BCUT2D eigenvalue weighted by molar-refractivity contribution is -0.114. The molecule has 1 heterocycles. The maximum atomic E-state index is 11.9. The molecule has 2 aromatic carbocycles. The van der Waals surface area contributed by atoms with Crippen LogP contribution in [0.2, 0.25) is 5.02 Å². The van der Waals surface area contributed by atoms with Crippen LogP contribution in [0.1, 0.15) is 18.1 Å². The molecule has 1 aliphatic rings. The van der Waals surface area contributed by atoms with Crippen molar-refractivity contribution in [3.63, 3.8) is 0 Å². The molecule has 0 fully saturated rings. The Bertz CT molecular complexity index is 895. The molecule has 0 saturated carbocycles. The predicted octanol–water partition coefficient (Wildman–Crippen LogP) is 3.15. The number of carbonyl (C=O) groups excluding carboxylic acids is 2. The van der Waals surface area contributed by atoms with Gasteiger partial charge in [0.1, 0.15) is 6.54 Å². The van der Waals surface area contributed by atoms with Gasteiger partial charge in [0, 0.05) is 29.7 Å². The first-order valence-electron chi connectivity index (χ1n) is 8.25. The van der Waals surface area contributed by atoms with Gasteiger partial charge in [-0.1, -0.05) is 17.7 Å². The van der Waals surface area contributed by atoms with Gasteiger partial charge in [0.15, 0.2) is 0 Å². The molecule has 0 bridgehead atoms. The number of carbonyl (C=O) groups is 2. The molecule has 3 rings (SSSR count). The van der Waals surface area contributed by atoms with Crippen molar-refractivity contribution in [1.82, 2.24) is 0 Å². The number of aliphatic imine (C=N–C) groups is 1. The van der Waals surface area contributed by atoms with Crippen LogP contribution in [-0.4, -0.2) is 38.2 Å². The maximum Gasteiger partial charge on any atom is 0.246 e. The second-order valence-electron chi connectivity index (χ2n) is 5.78. The van der Waals surface area contributed by atoms with E-state index in [-0.39, 0.29) is 12.5 Å². The first-order valence-corrected chi connectivity index (χ1v) is 8.63. The Kier molecular flexibility index (Phi) is 5.23. The highest BCUT2D eigenvalue weighted by atomic mass is 35.5. The Hall–Kier alpha value is -2.86. The fourth-order valence-electron chi connectivity index (χ4n) is 2.93. The van der Waals surface area contributed by atoms with E-state index in [1.54, 1.807) is 30.1 Å². The third kappa shape index (κ3) is 3.41. The SMILES string of the molecule is CCN(C=O)c1ccc(C2=NCC(=O)Nc3ccc(Cl)cc32)cc1NC. The molecule has 0 atom stereocenters. The third-order valence-electron chi connectivity index (χ3n) is 4.21. The predicted molar refractivity (Wildman–Crippen MR) is 106 cm³/mol. The van der Waals surface area contributed by atoms with Gasteiger partial charge in [-0.25, -0.2) is 0 Å². The van der Waals surface area contributed by atoms with Gasteiger partial charge in [-0.3, -0.25) is 14.6 Å². The lowest BCUT2D eigenvalue weighted by Crippen LogP contribution is -2.21. The van der Waals surface area contributed by atoms with E-state index in [0.717, 1.165) is 28.9 Å². The van der Waals surface area contributed by atoms with Crippen LogP contribution in [0.4, 0.5) is 17.1 Å². The highest BCUT2D eigenvalue weighted by molar-refractivity contribution is 6.32. The Morgan fingerprint density at radius 2 is 2.12 bits per heavy atom. The quantitative estimate of drug-likeness (QED) is 0.794. The molecule has 0 spiro atoms. The van der Waals surface area contributed by atoms with E-state index in [0.29, 0.717) is 23.0 Å². The molecule has 1 aliphatic heterocycles. The maximum absolute atomic E-state index is 11.9. The fraction of sp³-hybridized carbons (Fsp3) is 0.211. The van der Waals surface area contributed by atoms with Crippen molar-refractivity contribution in [2.24, 2.45) is 4.99 Å². The van der Waals surface area contributed by atoms with Gasteiger partial charge in [0.25, 0.3) is 0 Å². The van der Waals surface area contributed by atoms with E-state index >= 15 is 0 Å². The lowest BCUT2D eigenvalue weighted by atomic mass is 9.99. The summed E-state index contributed by atoms with van der Waals surface area (Å²) in [7, 11) is 1.80. The van der Waals surface area contributed by atoms with Gasteiger partial charge in [-0.2, -0.15) is 0 Å².